The van der Waals surface area contributed by atoms with Gasteiger partial charge in [-0.2, -0.15) is 0 Å². The normalized spacial score (nSPS) is 10.2. The molecule has 0 aliphatic rings. The van der Waals surface area contributed by atoms with Crippen molar-refractivity contribution in [2.75, 3.05) is 35.8 Å². The average Bonchev–Trinajstić information content (AvgIpc) is 2.39. The molecule has 0 spiro atoms. The Morgan fingerprint density at radius 1 is 1.05 bits per heavy atom. The summed E-state index contributed by atoms with van der Waals surface area (Å²) < 4.78 is 0. The number of carbonyl (C=O) groups excluding carboxylic acids is 1. The number of aryl methyl sites for hydroxylation is 1. The predicted octanol–water partition coefficient (Wildman–Crippen LogP) is 2.48. The molecule has 0 aliphatic carbocycles. The largest absolute Gasteiger partial charge is 0.399 e. The van der Waals surface area contributed by atoms with Crippen molar-refractivity contribution in [1.29, 1.82) is 0 Å². The van der Waals surface area contributed by atoms with Gasteiger partial charge < -0.3 is 21.7 Å². The maximum Gasteiger partial charge on any atom is 0.255 e. The van der Waals surface area contributed by atoms with E-state index in [0.29, 0.717) is 16.9 Å². The van der Waals surface area contributed by atoms with Gasteiger partial charge in [-0.3, -0.25) is 4.79 Å². The molecule has 0 heterocycles. The van der Waals surface area contributed by atoms with Crippen molar-refractivity contribution in [2.24, 2.45) is 0 Å². The Labute approximate surface area is 124 Å². The van der Waals surface area contributed by atoms with Gasteiger partial charge in [-0.1, -0.05) is 6.07 Å². The standard InChI is InChI=1S/C16H20N4O/c1-10-4-5-14(9-15(10)20(2)3)19-16(21)11-6-12(17)8-13(18)7-11/h4-9H,17-18H2,1-3H3,(H,19,21). The van der Waals surface area contributed by atoms with Crippen LogP contribution < -0.4 is 21.7 Å². The Morgan fingerprint density at radius 3 is 2.24 bits per heavy atom. The highest BCUT2D eigenvalue weighted by Gasteiger charge is 2.09. The maximum absolute atomic E-state index is 12.2. The zero-order valence-electron chi connectivity index (χ0n) is 12.5. The maximum atomic E-state index is 12.2. The molecule has 0 saturated heterocycles. The summed E-state index contributed by atoms with van der Waals surface area (Å²) in [6.07, 6.45) is 0. The highest BCUT2D eigenvalue weighted by molar-refractivity contribution is 6.05. The molecule has 1 amide bonds. The Bertz CT molecular complexity index is 660. The highest BCUT2D eigenvalue weighted by atomic mass is 16.1. The number of hydrogen-bond donors (Lipinski definition) is 3. The van der Waals surface area contributed by atoms with Gasteiger partial charge in [0, 0.05) is 42.4 Å². The number of nitrogen functional groups attached to an aromatic ring is 2. The second-order valence-electron chi connectivity index (χ2n) is 5.24. The minimum atomic E-state index is -0.234. The first-order chi connectivity index (χ1) is 9.86. The van der Waals surface area contributed by atoms with Crippen molar-refractivity contribution in [3.05, 3.63) is 47.5 Å². The third kappa shape index (κ3) is 3.45. The molecule has 21 heavy (non-hydrogen) atoms. The van der Waals surface area contributed by atoms with E-state index in [4.69, 9.17) is 11.5 Å². The van der Waals surface area contributed by atoms with Crippen LogP contribution in [0.15, 0.2) is 36.4 Å². The molecule has 0 bridgehead atoms. The number of nitrogens with zero attached hydrogens (tertiary/aromatic N) is 1. The Morgan fingerprint density at radius 2 is 1.67 bits per heavy atom. The molecule has 0 fully saturated rings. The summed E-state index contributed by atoms with van der Waals surface area (Å²) in [5.74, 6) is -0.234. The van der Waals surface area contributed by atoms with Gasteiger partial charge in [-0.15, -0.1) is 0 Å². The minimum absolute atomic E-state index is 0.234. The van der Waals surface area contributed by atoms with Crippen LogP contribution in [0.2, 0.25) is 0 Å². The molecule has 2 rings (SSSR count). The van der Waals surface area contributed by atoms with E-state index >= 15 is 0 Å². The smallest absolute Gasteiger partial charge is 0.255 e. The molecular formula is C16H20N4O. The molecular weight excluding hydrogens is 264 g/mol. The van der Waals surface area contributed by atoms with Crippen LogP contribution >= 0.6 is 0 Å². The van der Waals surface area contributed by atoms with Gasteiger partial charge in [-0.05, 0) is 42.8 Å². The van der Waals surface area contributed by atoms with Gasteiger partial charge in [0.1, 0.15) is 0 Å². The molecule has 5 N–H and O–H groups in total. The predicted molar refractivity (Wildman–Crippen MR) is 88.7 cm³/mol. The van der Waals surface area contributed by atoms with Crippen molar-refractivity contribution >= 4 is 28.7 Å². The quantitative estimate of drug-likeness (QED) is 0.756. The Hall–Kier alpha value is -2.69. The van der Waals surface area contributed by atoms with Crippen LogP contribution in [0.5, 0.6) is 0 Å². The lowest BCUT2D eigenvalue weighted by molar-refractivity contribution is 0.102. The monoisotopic (exact) mass is 284 g/mol. The lowest BCUT2D eigenvalue weighted by atomic mass is 10.1. The van der Waals surface area contributed by atoms with Gasteiger partial charge in [0.25, 0.3) is 5.91 Å². The van der Waals surface area contributed by atoms with Gasteiger partial charge in [0.15, 0.2) is 0 Å². The fraction of sp³-hybridized carbons (Fsp3) is 0.188. The van der Waals surface area contributed by atoms with Crippen LogP contribution in [0.25, 0.3) is 0 Å². The van der Waals surface area contributed by atoms with E-state index in [0.717, 1.165) is 16.9 Å². The number of anilines is 4. The summed E-state index contributed by atoms with van der Waals surface area (Å²) in [5, 5.41) is 2.86. The first kappa shape index (κ1) is 14.7. The van der Waals surface area contributed by atoms with E-state index < -0.39 is 0 Å². The molecule has 0 aliphatic heterocycles. The molecule has 5 heteroatoms. The third-order valence-corrected chi connectivity index (χ3v) is 3.19. The lowest BCUT2D eigenvalue weighted by Gasteiger charge is -2.17. The van der Waals surface area contributed by atoms with E-state index in [1.165, 1.54) is 0 Å². The summed E-state index contributed by atoms with van der Waals surface area (Å²) in [4.78, 5) is 14.3. The van der Waals surface area contributed by atoms with E-state index in [2.05, 4.69) is 5.32 Å². The van der Waals surface area contributed by atoms with Crippen molar-refractivity contribution in [3.63, 3.8) is 0 Å². The first-order valence-corrected chi connectivity index (χ1v) is 6.62. The van der Waals surface area contributed by atoms with E-state index in [1.807, 2.05) is 44.1 Å². The third-order valence-electron chi connectivity index (χ3n) is 3.19. The number of benzene rings is 2. The van der Waals surface area contributed by atoms with Crippen molar-refractivity contribution in [3.8, 4) is 0 Å². The number of hydrogen-bond acceptors (Lipinski definition) is 4. The molecule has 5 nitrogen and oxygen atoms in total. The summed E-state index contributed by atoms with van der Waals surface area (Å²) in [7, 11) is 3.93. The second-order valence-corrected chi connectivity index (χ2v) is 5.24. The van der Waals surface area contributed by atoms with Crippen molar-refractivity contribution in [1.82, 2.24) is 0 Å². The van der Waals surface area contributed by atoms with E-state index in [9.17, 15) is 4.79 Å². The topological polar surface area (TPSA) is 84.4 Å². The van der Waals surface area contributed by atoms with Crippen LogP contribution in [-0.2, 0) is 0 Å². The van der Waals surface area contributed by atoms with Gasteiger partial charge in [-0.25, -0.2) is 0 Å². The van der Waals surface area contributed by atoms with E-state index in [1.54, 1.807) is 18.2 Å². The lowest BCUT2D eigenvalue weighted by Crippen LogP contribution is -2.14. The molecule has 2 aromatic rings. The van der Waals surface area contributed by atoms with Crippen LogP contribution in [0, 0.1) is 6.92 Å². The average molecular weight is 284 g/mol. The van der Waals surface area contributed by atoms with Crippen LogP contribution in [0.4, 0.5) is 22.7 Å². The number of amides is 1. The Balaban J connectivity index is 2.25. The zero-order valence-corrected chi connectivity index (χ0v) is 12.5. The van der Waals surface area contributed by atoms with E-state index in [-0.39, 0.29) is 5.91 Å². The summed E-state index contributed by atoms with van der Waals surface area (Å²) >= 11 is 0. The minimum Gasteiger partial charge on any atom is -0.399 e. The summed E-state index contributed by atoms with van der Waals surface area (Å²) in [6.45, 7) is 2.03. The van der Waals surface area contributed by atoms with Gasteiger partial charge >= 0.3 is 0 Å². The van der Waals surface area contributed by atoms with Gasteiger partial charge in [0.2, 0.25) is 0 Å². The molecule has 0 aromatic heterocycles. The molecule has 0 unspecified atom stereocenters. The van der Waals surface area contributed by atoms with Crippen LogP contribution in [0.3, 0.4) is 0 Å². The molecule has 110 valence electrons. The zero-order chi connectivity index (χ0) is 15.6. The SMILES string of the molecule is Cc1ccc(NC(=O)c2cc(N)cc(N)c2)cc1N(C)C. The second kappa shape index (κ2) is 5.75. The fourth-order valence-electron chi connectivity index (χ4n) is 2.18. The number of nitrogens with one attached hydrogen (secondary N) is 1. The first-order valence-electron chi connectivity index (χ1n) is 6.62. The molecule has 0 atom stereocenters. The number of nitrogens with two attached hydrogens (primary N) is 2. The summed E-state index contributed by atoms with van der Waals surface area (Å²) in [6, 6.07) is 10.6. The van der Waals surface area contributed by atoms with Crippen LogP contribution in [0.1, 0.15) is 15.9 Å². The van der Waals surface area contributed by atoms with Crippen molar-refractivity contribution < 1.29 is 4.79 Å². The number of carbonyl (C=O) groups is 1. The summed E-state index contributed by atoms with van der Waals surface area (Å²) in [5.41, 5.74) is 15.7. The molecule has 2 aromatic carbocycles. The van der Waals surface area contributed by atoms with Crippen molar-refractivity contribution in [2.45, 2.75) is 6.92 Å². The fourth-order valence-corrected chi connectivity index (χ4v) is 2.18. The van der Waals surface area contributed by atoms with Crippen LogP contribution in [-0.4, -0.2) is 20.0 Å². The Kier molecular flexibility index (Phi) is 4.03. The van der Waals surface area contributed by atoms with Gasteiger partial charge in [0.05, 0.1) is 0 Å². The number of rotatable bonds is 3. The molecule has 0 saturated carbocycles. The molecule has 0 radical (unpaired) electrons. The highest BCUT2D eigenvalue weighted by Crippen LogP contribution is 2.23.